The van der Waals surface area contributed by atoms with E-state index in [2.05, 4.69) is 95.4 Å². The number of carbonyl (C=O) groups is 1. The molecule has 0 radical (unpaired) electrons. The molecule has 0 spiro atoms. The van der Waals surface area contributed by atoms with Crippen LogP contribution in [-0.2, 0) is 11.2 Å². The Balaban J connectivity index is 1.29. The molecule has 2 aromatic carbocycles. The Morgan fingerprint density at radius 1 is 1.10 bits per heavy atom. The summed E-state index contributed by atoms with van der Waals surface area (Å²) in [5.74, 6) is 0.787. The van der Waals surface area contributed by atoms with Crippen molar-refractivity contribution in [2.75, 3.05) is 18.0 Å². The molecule has 2 aromatic rings. The van der Waals surface area contributed by atoms with Crippen molar-refractivity contribution in [3.05, 3.63) is 71.3 Å². The number of benzene rings is 2. The molecule has 3 N–H and O–H groups in total. The summed E-state index contributed by atoms with van der Waals surface area (Å²) in [4.78, 5) is 15.5. The van der Waals surface area contributed by atoms with E-state index in [1.165, 1.54) is 22.4 Å². The van der Waals surface area contributed by atoms with Crippen molar-refractivity contribution in [1.29, 1.82) is 0 Å². The van der Waals surface area contributed by atoms with Crippen LogP contribution < -0.4 is 20.9 Å². The second-order valence-electron chi connectivity index (χ2n) is 9.24. The van der Waals surface area contributed by atoms with Gasteiger partial charge in [-0.3, -0.25) is 10.1 Å². The first-order valence-corrected chi connectivity index (χ1v) is 11.5. The van der Waals surface area contributed by atoms with Gasteiger partial charge in [-0.15, -0.1) is 0 Å². The summed E-state index contributed by atoms with van der Waals surface area (Å²) in [7, 11) is 0. The minimum atomic E-state index is -0.170. The van der Waals surface area contributed by atoms with Crippen LogP contribution in [0.25, 0.3) is 6.08 Å². The van der Waals surface area contributed by atoms with Crippen LogP contribution in [0.1, 0.15) is 42.9 Å². The monoisotopic (exact) mass is 416 g/mol. The third-order valence-electron chi connectivity index (χ3n) is 6.96. The quantitative estimate of drug-likeness (QED) is 0.715. The van der Waals surface area contributed by atoms with E-state index in [1.807, 2.05) is 0 Å². The van der Waals surface area contributed by atoms with E-state index in [1.54, 1.807) is 0 Å². The second kappa shape index (κ2) is 8.48. The normalized spacial score (nSPS) is 28.0. The molecule has 0 aromatic heterocycles. The Labute approximate surface area is 184 Å². The Bertz CT molecular complexity index is 968. The zero-order chi connectivity index (χ0) is 21.4. The van der Waals surface area contributed by atoms with Gasteiger partial charge in [0.1, 0.15) is 0 Å². The number of hydrogen-bond acceptors (Lipinski definition) is 4. The summed E-state index contributed by atoms with van der Waals surface area (Å²) in [6, 6.07) is 17.2. The lowest BCUT2D eigenvalue weighted by atomic mass is 9.81. The molecule has 3 heterocycles. The van der Waals surface area contributed by atoms with Gasteiger partial charge in [0, 0.05) is 12.2 Å². The van der Waals surface area contributed by atoms with Crippen molar-refractivity contribution in [3.8, 4) is 0 Å². The van der Waals surface area contributed by atoms with Crippen LogP contribution in [0.2, 0.25) is 0 Å². The first-order chi connectivity index (χ1) is 15.1. The highest BCUT2D eigenvalue weighted by atomic mass is 16.2. The molecule has 4 atom stereocenters. The average Bonchev–Trinajstić information content (AvgIpc) is 3.22. The number of nitrogens with zero attached hydrogens (tertiary/aromatic N) is 1. The minimum absolute atomic E-state index is 0.0155. The minimum Gasteiger partial charge on any atom is -0.338 e. The molecule has 2 saturated heterocycles. The number of amides is 1. The van der Waals surface area contributed by atoms with Crippen molar-refractivity contribution >= 4 is 17.7 Å². The van der Waals surface area contributed by atoms with Crippen LogP contribution in [0.4, 0.5) is 5.69 Å². The van der Waals surface area contributed by atoms with E-state index in [0.29, 0.717) is 5.92 Å². The summed E-state index contributed by atoms with van der Waals surface area (Å²) in [6.07, 6.45) is 6.21. The highest BCUT2D eigenvalue weighted by Crippen LogP contribution is 2.32. The third-order valence-corrected chi connectivity index (χ3v) is 6.96. The largest absolute Gasteiger partial charge is 0.338 e. The third kappa shape index (κ3) is 4.00. The van der Waals surface area contributed by atoms with Gasteiger partial charge in [0.05, 0.1) is 12.1 Å². The standard InChI is InChI=1S/C26H32N4O/c1-17(2)19-10-7-18(8-11-19)9-12-21-13-15-27-24-23(21)25(31)29-26(28-24)30-16-14-20-5-3-4-6-22(20)30/h3-12,17,21,23-24,26-28H,13-16H2,1-2H3,(H,29,31)/b12-9+. The van der Waals surface area contributed by atoms with Crippen LogP contribution in [0.5, 0.6) is 0 Å². The summed E-state index contributed by atoms with van der Waals surface area (Å²) in [5, 5.41) is 10.5. The SMILES string of the molecule is CC(C)c1ccc(/C=C/C2CCNC3NC(N4CCc5ccccc54)NC(=O)C23)cc1. The molecule has 2 fully saturated rings. The number of anilines is 1. The van der Waals surface area contributed by atoms with Crippen molar-refractivity contribution in [1.82, 2.24) is 16.0 Å². The van der Waals surface area contributed by atoms with Crippen LogP contribution in [0.3, 0.4) is 0 Å². The van der Waals surface area contributed by atoms with Crippen LogP contribution in [0.15, 0.2) is 54.6 Å². The van der Waals surface area contributed by atoms with Gasteiger partial charge in [0.25, 0.3) is 0 Å². The molecule has 0 aliphatic carbocycles. The van der Waals surface area contributed by atoms with E-state index in [9.17, 15) is 4.79 Å². The van der Waals surface area contributed by atoms with Crippen LogP contribution >= 0.6 is 0 Å². The van der Waals surface area contributed by atoms with Crippen LogP contribution in [0, 0.1) is 11.8 Å². The number of allylic oxidation sites excluding steroid dienone is 1. The van der Waals surface area contributed by atoms with Crippen molar-refractivity contribution in [2.24, 2.45) is 11.8 Å². The second-order valence-corrected chi connectivity index (χ2v) is 9.24. The average molecular weight is 417 g/mol. The molecule has 5 rings (SSSR count). The number of piperidine rings is 1. The first kappa shape index (κ1) is 20.3. The van der Waals surface area contributed by atoms with Crippen LogP contribution in [-0.4, -0.2) is 31.5 Å². The highest BCUT2D eigenvalue weighted by molar-refractivity contribution is 5.82. The van der Waals surface area contributed by atoms with E-state index in [0.717, 1.165) is 25.9 Å². The maximum absolute atomic E-state index is 13.2. The van der Waals surface area contributed by atoms with Gasteiger partial charge < -0.3 is 15.5 Å². The fraction of sp³-hybridized carbons (Fsp3) is 0.423. The molecular weight excluding hydrogens is 384 g/mol. The number of nitrogens with one attached hydrogen (secondary N) is 3. The van der Waals surface area contributed by atoms with Gasteiger partial charge in [0.15, 0.2) is 6.29 Å². The number of carbonyl (C=O) groups excluding carboxylic acids is 1. The van der Waals surface area contributed by atoms with E-state index in [-0.39, 0.29) is 30.2 Å². The number of hydrogen-bond donors (Lipinski definition) is 3. The Kier molecular flexibility index (Phi) is 5.55. The Hall–Kier alpha value is -2.63. The number of fused-ring (bicyclic) bond motifs is 2. The molecule has 31 heavy (non-hydrogen) atoms. The van der Waals surface area contributed by atoms with E-state index < -0.39 is 0 Å². The van der Waals surface area contributed by atoms with Gasteiger partial charge in [0.2, 0.25) is 5.91 Å². The molecule has 5 heteroatoms. The van der Waals surface area contributed by atoms with Gasteiger partial charge >= 0.3 is 0 Å². The number of para-hydroxylation sites is 1. The summed E-state index contributed by atoms with van der Waals surface area (Å²) < 4.78 is 0. The smallest absolute Gasteiger partial charge is 0.229 e. The topological polar surface area (TPSA) is 56.4 Å². The zero-order valence-corrected chi connectivity index (χ0v) is 18.3. The Morgan fingerprint density at radius 3 is 2.71 bits per heavy atom. The fourth-order valence-electron chi connectivity index (χ4n) is 5.15. The Morgan fingerprint density at radius 2 is 1.90 bits per heavy atom. The molecule has 5 nitrogen and oxygen atoms in total. The summed E-state index contributed by atoms with van der Waals surface area (Å²) in [5.41, 5.74) is 5.11. The predicted octanol–water partition coefficient (Wildman–Crippen LogP) is 3.44. The lowest BCUT2D eigenvalue weighted by Gasteiger charge is -2.46. The van der Waals surface area contributed by atoms with Gasteiger partial charge in [-0.2, -0.15) is 0 Å². The lowest BCUT2D eigenvalue weighted by Crippen LogP contribution is -2.72. The van der Waals surface area contributed by atoms with Gasteiger partial charge in [-0.25, -0.2) is 0 Å². The van der Waals surface area contributed by atoms with Gasteiger partial charge in [-0.05, 0) is 54.0 Å². The molecule has 0 bridgehead atoms. The molecule has 3 aliphatic rings. The van der Waals surface area contributed by atoms with Gasteiger partial charge in [-0.1, -0.05) is 68.5 Å². The molecule has 162 valence electrons. The van der Waals surface area contributed by atoms with E-state index in [4.69, 9.17) is 0 Å². The summed E-state index contributed by atoms with van der Waals surface area (Å²) in [6.45, 7) is 6.25. The fourth-order valence-corrected chi connectivity index (χ4v) is 5.15. The molecule has 1 amide bonds. The highest BCUT2D eigenvalue weighted by Gasteiger charge is 2.44. The molecular formula is C26H32N4O. The van der Waals surface area contributed by atoms with E-state index >= 15 is 0 Å². The number of rotatable bonds is 4. The predicted molar refractivity (Wildman–Crippen MR) is 126 cm³/mol. The maximum Gasteiger partial charge on any atom is 0.229 e. The zero-order valence-electron chi connectivity index (χ0n) is 18.3. The van der Waals surface area contributed by atoms with Crippen molar-refractivity contribution < 1.29 is 4.79 Å². The molecule has 0 saturated carbocycles. The summed E-state index contributed by atoms with van der Waals surface area (Å²) >= 11 is 0. The molecule has 4 unspecified atom stereocenters. The first-order valence-electron chi connectivity index (χ1n) is 11.5. The maximum atomic E-state index is 13.2. The lowest BCUT2D eigenvalue weighted by molar-refractivity contribution is -0.132. The van der Waals surface area contributed by atoms with Crippen molar-refractivity contribution in [2.45, 2.75) is 45.1 Å². The van der Waals surface area contributed by atoms with Crippen molar-refractivity contribution in [3.63, 3.8) is 0 Å². The molecule has 3 aliphatic heterocycles.